The highest BCUT2D eigenvalue weighted by Gasteiger charge is 2.54. The van der Waals surface area contributed by atoms with Crippen molar-refractivity contribution in [2.45, 2.75) is 31.0 Å². The first-order chi connectivity index (χ1) is 14.9. The van der Waals surface area contributed by atoms with E-state index < -0.39 is 59.7 Å². The van der Waals surface area contributed by atoms with Crippen molar-refractivity contribution in [1.82, 2.24) is 19.5 Å². The van der Waals surface area contributed by atoms with Gasteiger partial charge in [0, 0.05) is 0 Å². The minimum absolute atomic E-state index is 0.123. The van der Waals surface area contributed by atoms with Crippen LogP contribution in [-0.4, -0.2) is 73.7 Å². The Labute approximate surface area is 182 Å². The SMILES string of the molecule is C[C@@]1(O)C(O)[C@@H](COP(=O)(O)OP(=O)(O)OP(=O)(O)O)O[C@H]1n1cnc2c(=O)[nH]c(N)nc21. The average Bonchev–Trinajstić information content (AvgIpc) is 3.10. The average molecular weight is 537 g/mol. The zero-order valence-corrected chi connectivity index (χ0v) is 18.9. The standard InChI is InChI=1S/C11H18N5O14P3/c1-11(19)6(17)4(2-27-32(23,24)30-33(25,26)29-31(20,21)22)28-9(11)16-3-13-5-7(16)14-10(12)15-8(5)18/h3-4,6,9,17,19H,2H2,1H3,(H,23,24)(H,25,26)(H2,20,21,22)(H3,12,14,15,18)/t4-,6?,9-,11-/m1/s1. The van der Waals surface area contributed by atoms with Crippen molar-refractivity contribution in [3.8, 4) is 0 Å². The van der Waals surface area contributed by atoms with Gasteiger partial charge in [-0.2, -0.15) is 13.6 Å². The second kappa shape index (κ2) is 8.58. The lowest BCUT2D eigenvalue weighted by Crippen LogP contribution is -2.44. The molecule has 2 aromatic heterocycles. The maximum atomic E-state index is 11.9. The van der Waals surface area contributed by atoms with E-state index >= 15 is 0 Å². The van der Waals surface area contributed by atoms with Crippen molar-refractivity contribution < 1.29 is 61.4 Å². The van der Waals surface area contributed by atoms with Crippen LogP contribution in [0.3, 0.4) is 0 Å². The van der Waals surface area contributed by atoms with Gasteiger partial charge < -0.3 is 40.3 Å². The van der Waals surface area contributed by atoms with Gasteiger partial charge >= 0.3 is 23.5 Å². The number of anilines is 1. The first-order valence-corrected chi connectivity index (χ1v) is 13.0. The number of nitrogen functional groups attached to an aromatic ring is 1. The molecule has 0 amide bonds. The number of phosphoric acid groups is 3. The van der Waals surface area contributed by atoms with Gasteiger partial charge in [0.1, 0.15) is 17.8 Å². The van der Waals surface area contributed by atoms with Gasteiger partial charge in [-0.15, -0.1) is 0 Å². The second-order valence-electron chi connectivity index (χ2n) is 6.86. The monoisotopic (exact) mass is 537 g/mol. The summed E-state index contributed by atoms with van der Waals surface area (Å²) in [6, 6.07) is 0. The number of aliphatic hydroxyl groups excluding tert-OH is 1. The van der Waals surface area contributed by atoms with Crippen LogP contribution in [0.15, 0.2) is 11.1 Å². The number of H-pyrrole nitrogens is 1. The summed E-state index contributed by atoms with van der Waals surface area (Å²) < 4.78 is 52.0. The minimum Gasteiger partial charge on any atom is -0.387 e. The summed E-state index contributed by atoms with van der Waals surface area (Å²) >= 11 is 0. The molecule has 0 aromatic carbocycles. The lowest BCUT2D eigenvalue weighted by molar-refractivity contribution is -0.0949. The molecule has 2 aromatic rings. The number of hydrogen-bond donors (Lipinski definition) is 8. The number of rotatable bonds is 8. The van der Waals surface area contributed by atoms with Crippen molar-refractivity contribution in [1.29, 1.82) is 0 Å². The van der Waals surface area contributed by atoms with Crippen LogP contribution in [0, 0.1) is 0 Å². The molecule has 1 aliphatic heterocycles. The fraction of sp³-hybridized carbons (Fsp3) is 0.545. The topological polar surface area (TPSA) is 299 Å². The summed E-state index contributed by atoms with van der Waals surface area (Å²) in [4.78, 5) is 57.6. The van der Waals surface area contributed by atoms with Crippen LogP contribution >= 0.6 is 23.5 Å². The number of aromatic amines is 1. The molecule has 19 nitrogen and oxygen atoms in total. The van der Waals surface area contributed by atoms with Crippen LogP contribution < -0.4 is 11.3 Å². The van der Waals surface area contributed by atoms with E-state index in [9.17, 15) is 33.6 Å². The zero-order chi connectivity index (χ0) is 25.0. The Kier molecular flexibility index (Phi) is 6.78. The summed E-state index contributed by atoms with van der Waals surface area (Å²) in [6.07, 6.45) is -3.78. The third kappa shape index (κ3) is 5.75. The summed E-state index contributed by atoms with van der Waals surface area (Å²) in [7, 11) is -16.8. The van der Waals surface area contributed by atoms with E-state index in [0.29, 0.717) is 0 Å². The molecule has 1 saturated heterocycles. The maximum absolute atomic E-state index is 11.9. The van der Waals surface area contributed by atoms with E-state index in [4.69, 9.17) is 25.2 Å². The van der Waals surface area contributed by atoms with Crippen LogP contribution in [0.4, 0.5) is 5.95 Å². The van der Waals surface area contributed by atoms with Crippen LogP contribution in [-0.2, 0) is 31.6 Å². The number of ether oxygens (including phenoxy) is 1. The summed E-state index contributed by atoms with van der Waals surface area (Å²) in [5.41, 5.74) is 2.40. The van der Waals surface area contributed by atoms with Crippen LogP contribution in [0.25, 0.3) is 11.2 Å². The van der Waals surface area contributed by atoms with E-state index in [-0.39, 0.29) is 17.1 Å². The quantitative estimate of drug-likeness (QED) is 0.170. The highest BCUT2D eigenvalue weighted by molar-refractivity contribution is 7.66. The number of imidazole rings is 1. The normalized spacial score (nSPS) is 29.7. The summed E-state index contributed by atoms with van der Waals surface area (Å²) in [6.45, 7) is 0.0931. The smallest absolute Gasteiger partial charge is 0.387 e. The number of aliphatic hydroxyl groups is 2. The number of hydrogen-bond acceptors (Lipinski definition) is 13. The molecule has 9 N–H and O–H groups in total. The number of phosphoric ester groups is 1. The fourth-order valence-electron chi connectivity index (χ4n) is 2.96. The Balaban J connectivity index is 1.78. The largest absolute Gasteiger partial charge is 0.490 e. The predicted molar refractivity (Wildman–Crippen MR) is 103 cm³/mol. The zero-order valence-electron chi connectivity index (χ0n) is 16.2. The van der Waals surface area contributed by atoms with E-state index in [1.165, 1.54) is 0 Å². The van der Waals surface area contributed by atoms with Gasteiger partial charge in [-0.25, -0.2) is 18.7 Å². The molecule has 0 radical (unpaired) electrons. The van der Waals surface area contributed by atoms with Crippen molar-refractivity contribution in [3.05, 3.63) is 16.7 Å². The molecule has 3 rings (SSSR count). The first-order valence-electron chi connectivity index (χ1n) is 8.48. The molecule has 3 heterocycles. The van der Waals surface area contributed by atoms with Gasteiger partial charge in [0.15, 0.2) is 17.4 Å². The minimum atomic E-state index is -5.75. The highest BCUT2D eigenvalue weighted by Crippen LogP contribution is 2.66. The molecule has 1 fully saturated rings. The Bertz CT molecular complexity index is 1250. The van der Waals surface area contributed by atoms with Gasteiger partial charge in [-0.1, -0.05) is 0 Å². The molecular weight excluding hydrogens is 519 g/mol. The van der Waals surface area contributed by atoms with E-state index in [1.807, 2.05) is 0 Å². The van der Waals surface area contributed by atoms with Gasteiger partial charge in [-0.3, -0.25) is 18.9 Å². The molecular formula is C11H18N5O14P3. The van der Waals surface area contributed by atoms with Crippen molar-refractivity contribution in [3.63, 3.8) is 0 Å². The molecule has 0 bridgehead atoms. The molecule has 0 spiro atoms. The molecule has 1 aliphatic rings. The summed E-state index contributed by atoms with van der Waals surface area (Å²) in [5.74, 6) is -0.281. The van der Waals surface area contributed by atoms with E-state index in [0.717, 1.165) is 17.8 Å². The number of fused-ring (bicyclic) bond motifs is 1. The molecule has 22 heteroatoms. The number of aromatic nitrogens is 4. The lowest BCUT2D eigenvalue weighted by Gasteiger charge is -2.27. The number of nitrogens with zero attached hydrogens (tertiary/aromatic N) is 3. The third-order valence-corrected chi connectivity index (χ3v) is 8.08. The van der Waals surface area contributed by atoms with Crippen LogP contribution in [0.2, 0.25) is 0 Å². The van der Waals surface area contributed by atoms with Crippen molar-refractivity contribution >= 4 is 40.6 Å². The summed E-state index contributed by atoms with van der Waals surface area (Å²) in [5, 5.41) is 21.1. The number of nitrogens with one attached hydrogen (secondary N) is 1. The molecule has 0 aliphatic carbocycles. The van der Waals surface area contributed by atoms with Crippen molar-refractivity contribution in [2.75, 3.05) is 12.3 Å². The van der Waals surface area contributed by atoms with Gasteiger partial charge in [0.05, 0.1) is 12.9 Å². The highest BCUT2D eigenvalue weighted by atomic mass is 31.3. The maximum Gasteiger partial charge on any atom is 0.490 e. The Morgan fingerprint density at radius 3 is 2.48 bits per heavy atom. The number of nitrogens with two attached hydrogens (primary N) is 1. The fourth-order valence-corrected chi connectivity index (χ4v) is 5.99. The van der Waals surface area contributed by atoms with Gasteiger partial charge in [0.2, 0.25) is 5.95 Å². The molecule has 33 heavy (non-hydrogen) atoms. The first kappa shape index (κ1) is 26.1. The lowest BCUT2D eigenvalue weighted by atomic mass is 9.96. The van der Waals surface area contributed by atoms with Crippen molar-refractivity contribution in [2.24, 2.45) is 0 Å². The predicted octanol–water partition coefficient (Wildman–Crippen LogP) is -1.95. The Morgan fingerprint density at radius 1 is 1.24 bits per heavy atom. The third-order valence-electron chi connectivity index (χ3n) is 4.28. The van der Waals surface area contributed by atoms with E-state index in [1.54, 1.807) is 0 Å². The molecule has 3 unspecified atom stereocenters. The molecule has 0 saturated carbocycles. The van der Waals surface area contributed by atoms with Gasteiger partial charge in [0.25, 0.3) is 5.56 Å². The molecule has 6 atom stereocenters. The van der Waals surface area contributed by atoms with Crippen LogP contribution in [0.5, 0.6) is 0 Å². The second-order valence-corrected chi connectivity index (χ2v) is 11.3. The van der Waals surface area contributed by atoms with E-state index in [2.05, 4.69) is 28.1 Å². The Hall–Kier alpha value is -1.56. The van der Waals surface area contributed by atoms with Crippen LogP contribution in [0.1, 0.15) is 13.2 Å². The van der Waals surface area contributed by atoms with Gasteiger partial charge in [-0.05, 0) is 6.92 Å². The Morgan fingerprint density at radius 2 is 1.88 bits per heavy atom. The molecule has 186 valence electrons.